The van der Waals surface area contributed by atoms with E-state index < -0.39 is 0 Å². The fourth-order valence-electron chi connectivity index (χ4n) is 3.33. The first kappa shape index (κ1) is 20.2. The number of amides is 1. The Hall–Kier alpha value is -4.08. The molecule has 0 atom stereocenters. The Morgan fingerprint density at radius 2 is 1.68 bits per heavy atom. The molecule has 0 spiro atoms. The summed E-state index contributed by atoms with van der Waals surface area (Å²) >= 11 is 0. The predicted molar refractivity (Wildman–Crippen MR) is 114 cm³/mol. The van der Waals surface area contributed by atoms with Gasteiger partial charge in [0.05, 0.1) is 23.3 Å². The Labute approximate surface area is 176 Å². The predicted octanol–water partition coefficient (Wildman–Crippen LogP) is 0.425. The van der Waals surface area contributed by atoms with Crippen molar-refractivity contribution in [3.8, 4) is 5.69 Å². The molecule has 0 aliphatic carbocycles. The lowest BCUT2D eigenvalue weighted by molar-refractivity contribution is -0.121. The average Bonchev–Trinajstić information content (AvgIpc) is 3.16. The van der Waals surface area contributed by atoms with Crippen molar-refractivity contribution in [3.63, 3.8) is 0 Å². The van der Waals surface area contributed by atoms with Gasteiger partial charge in [0, 0.05) is 31.8 Å². The van der Waals surface area contributed by atoms with Gasteiger partial charge in [-0.3, -0.25) is 9.59 Å². The van der Waals surface area contributed by atoms with Crippen molar-refractivity contribution in [1.29, 1.82) is 0 Å². The van der Waals surface area contributed by atoms with Gasteiger partial charge >= 0.3 is 5.69 Å². The van der Waals surface area contributed by atoms with Gasteiger partial charge in [-0.05, 0) is 28.6 Å². The van der Waals surface area contributed by atoms with E-state index in [1.54, 1.807) is 31.3 Å². The van der Waals surface area contributed by atoms with E-state index in [9.17, 15) is 14.4 Å². The fourth-order valence-corrected chi connectivity index (χ4v) is 3.33. The SMILES string of the molecule is Cn1nc(CCC(=O)NCCn2nnn(-c3ccccc3)c2=O)c2ccccc2c1=O. The molecular weight excluding hydrogens is 398 g/mol. The number of fused-ring (bicyclic) bond motifs is 1. The van der Waals surface area contributed by atoms with Gasteiger partial charge in [-0.1, -0.05) is 36.4 Å². The molecule has 1 amide bonds. The summed E-state index contributed by atoms with van der Waals surface area (Å²) in [6, 6.07) is 16.2. The molecule has 2 heterocycles. The van der Waals surface area contributed by atoms with Crippen molar-refractivity contribution in [2.45, 2.75) is 19.4 Å². The van der Waals surface area contributed by atoms with E-state index in [0.717, 1.165) is 5.39 Å². The molecule has 0 saturated heterocycles. The molecule has 0 aliphatic rings. The van der Waals surface area contributed by atoms with Gasteiger partial charge in [0.2, 0.25) is 5.91 Å². The van der Waals surface area contributed by atoms with Crippen molar-refractivity contribution < 1.29 is 4.79 Å². The second-order valence-corrected chi connectivity index (χ2v) is 7.00. The zero-order valence-corrected chi connectivity index (χ0v) is 16.9. The molecule has 158 valence electrons. The van der Waals surface area contributed by atoms with E-state index >= 15 is 0 Å². The van der Waals surface area contributed by atoms with Crippen LogP contribution in [-0.4, -0.2) is 42.0 Å². The van der Waals surface area contributed by atoms with Crippen molar-refractivity contribution in [2.75, 3.05) is 6.54 Å². The molecule has 0 unspecified atom stereocenters. The maximum absolute atomic E-state index is 12.4. The lowest BCUT2D eigenvalue weighted by Crippen LogP contribution is -2.32. The minimum atomic E-state index is -0.374. The number of carbonyl (C=O) groups excluding carboxylic acids is 1. The van der Waals surface area contributed by atoms with Gasteiger partial charge in [-0.15, -0.1) is 0 Å². The fraction of sp³-hybridized carbons (Fsp3) is 0.238. The summed E-state index contributed by atoms with van der Waals surface area (Å²) in [5.41, 5.74) is 0.772. The van der Waals surface area contributed by atoms with Crippen LogP contribution in [0.3, 0.4) is 0 Å². The maximum atomic E-state index is 12.4. The minimum Gasteiger partial charge on any atom is -0.354 e. The topological polar surface area (TPSA) is 117 Å². The van der Waals surface area contributed by atoms with Crippen molar-refractivity contribution in [3.05, 3.63) is 81.1 Å². The number of carbonyl (C=O) groups is 1. The zero-order chi connectivity index (χ0) is 21.8. The second-order valence-electron chi connectivity index (χ2n) is 7.00. The third-order valence-electron chi connectivity index (χ3n) is 4.91. The van der Waals surface area contributed by atoms with Crippen LogP contribution in [-0.2, 0) is 24.8 Å². The quantitative estimate of drug-likeness (QED) is 0.464. The first-order valence-electron chi connectivity index (χ1n) is 9.84. The van der Waals surface area contributed by atoms with Crippen LogP contribution < -0.4 is 16.6 Å². The summed E-state index contributed by atoms with van der Waals surface area (Å²) in [5, 5.41) is 16.1. The monoisotopic (exact) mass is 419 g/mol. The molecule has 0 saturated carbocycles. The van der Waals surface area contributed by atoms with Crippen LogP contribution in [0.25, 0.3) is 16.5 Å². The summed E-state index contributed by atoms with van der Waals surface area (Å²) in [6.07, 6.45) is 0.603. The number of para-hydroxylation sites is 1. The molecule has 2 aromatic heterocycles. The summed E-state index contributed by atoms with van der Waals surface area (Å²) in [6.45, 7) is 0.450. The highest BCUT2D eigenvalue weighted by Gasteiger charge is 2.11. The molecule has 0 bridgehead atoms. The van der Waals surface area contributed by atoms with Crippen LogP contribution in [0, 0.1) is 0 Å². The lowest BCUT2D eigenvalue weighted by Gasteiger charge is -2.08. The smallest absolute Gasteiger partial charge is 0.354 e. The van der Waals surface area contributed by atoms with E-state index in [0.29, 0.717) is 23.2 Å². The van der Waals surface area contributed by atoms with Crippen LogP contribution >= 0.6 is 0 Å². The summed E-state index contributed by atoms with van der Waals surface area (Å²) in [5.74, 6) is -0.178. The maximum Gasteiger partial charge on any atom is 0.368 e. The number of tetrazole rings is 1. The molecule has 1 N–H and O–H groups in total. The minimum absolute atomic E-state index is 0.169. The summed E-state index contributed by atoms with van der Waals surface area (Å²) in [4.78, 5) is 36.9. The van der Waals surface area contributed by atoms with Crippen LogP contribution in [0.2, 0.25) is 0 Å². The van der Waals surface area contributed by atoms with Crippen molar-refractivity contribution in [1.82, 2.24) is 34.9 Å². The number of aromatic nitrogens is 6. The van der Waals surface area contributed by atoms with Crippen LogP contribution in [0.4, 0.5) is 0 Å². The van der Waals surface area contributed by atoms with Gasteiger partial charge in [0.15, 0.2) is 0 Å². The molecule has 4 aromatic rings. The van der Waals surface area contributed by atoms with E-state index in [-0.39, 0.29) is 36.7 Å². The number of rotatable bonds is 7. The second kappa shape index (κ2) is 8.74. The highest BCUT2D eigenvalue weighted by molar-refractivity contribution is 5.84. The van der Waals surface area contributed by atoms with Gasteiger partial charge in [-0.2, -0.15) is 14.5 Å². The molecule has 0 aliphatic heterocycles. The lowest BCUT2D eigenvalue weighted by atomic mass is 10.1. The Morgan fingerprint density at radius 1 is 0.968 bits per heavy atom. The van der Waals surface area contributed by atoms with E-state index in [2.05, 4.69) is 20.8 Å². The average molecular weight is 419 g/mol. The Balaban J connectivity index is 1.35. The van der Waals surface area contributed by atoms with Gasteiger partial charge < -0.3 is 5.32 Å². The summed E-state index contributed by atoms with van der Waals surface area (Å²) < 4.78 is 3.70. The van der Waals surface area contributed by atoms with Gasteiger partial charge in [-0.25, -0.2) is 9.48 Å². The Kier molecular flexibility index (Phi) is 5.69. The van der Waals surface area contributed by atoms with Crippen molar-refractivity contribution in [2.24, 2.45) is 7.05 Å². The zero-order valence-electron chi connectivity index (χ0n) is 16.9. The van der Waals surface area contributed by atoms with Gasteiger partial charge in [0.25, 0.3) is 5.56 Å². The highest BCUT2D eigenvalue weighted by Crippen LogP contribution is 2.14. The summed E-state index contributed by atoms with van der Waals surface area (Å²) in [7, 11) is 1.60. The van der Waals surface area contributed by atoms with Crippen LogP contribution in [0.15, 0.2) is 64.2 Å². The number of aryl methyl sites for hydroxylation is 2. The Morgan fingerprint density at radius 3 is 2.45 bits per heavy atom. The van der Waals surface area contributed by atoms with E-state index in [4.69, 9.17) is 0 Å². The molecule has 2 aromatic carbocycles. The largest absolute Gasteiger partial charge is 0.368 e. The normalized spacial score (nSPS) is 11.0. The number of benzene rings is 2. The molecule has 0 fully saturated rings. The molecule has 10 heteroatoms. The highest BCUT2D eigenvalue weighted by atomic mass is 16.2. The molecule has 10 nitrogen and oxygen atoms in total. The van der Waals surface area contributed by atoms with Crippen molar-refractivity contribution >= 4 is 16.7 Å². The van der Waals surface area contributed by atoms with Gasteiger partial charge in [0.1, 0.15) is 0 Å². The first-order chi connectivity index (χ1) is 15.0. The van der Waals surface area contributed by atoms with Crippen LogP contribution in [0.1, 0.15) is 12.1 Å². The molecular formula is C21H21N7O3. The van der Waals surface area contributed by atoms with E-state index in [1.165, 1.54) is 14.0 Å². The molecule has 4 rings (SSSR count). The van der Waals surface area contributed by atoms with E-state index in [1.807, 2.05) is 30.3 Å². The number of nitrogens with one attached hydrogen (secondary N) is 1. The molecule has 31 heavy (non-hydrogen) atoms. The number of hydrogen-bond donors (Lipinski definition) is 1. The first-order valence-corrected chi connectivity index (χ1v) is 9.84. The number of nitrogens with zero attached hydrogens (tertiary/aromatic N) is 6. The third-order valence-corrected chi connectivity index (χ3v) is 4.91. The Bertz CT molecular complexity index is 1340. The third kappa shape index (κ3) is 4.27. The van der Waals surface area contributed by atoms with Crippen LogP contribution in [0.5, 0.6) is 0 Å². The standard InChI is InChI=1S/C21H21N7O3/c1-26-20(30)17-10-6-5-9-16(17)18(23-26)11-12-19(29)22-13-14-27-21(31)28(25-24-27)15-7-3-2-4-8-15/h2-10H,11-14H2,1H3,(H,22,29). The number of hydrogen-bond acceptors (Lipinski definition) is 6. The molecule has 0 radical (unpaired) electrons.